The van der Waals surface area contributed by atoms with Gasteiger partial charge < -0.3 is 10.1 Å². The van der Waals surface area contributed by atoms with Crippen molar-refractivity contribution in [2.24, 2.45) is 0 Å². The van der Waals surface area contributed by atoms with E-state index in [9.17, 15) is 28.1 Å². The summed E-state index contributed by atoms with van der Waals surface area (Å²) in [5.74, 6) is -0.767. The van der Waals surface area contributed by atoms with Crippen LogP contribution in [0.4, 0.5) is 16.2 Å². The molecule has 29 heavy (non-hydrogen) atoms. The van der Waals surface area contributed by atoms with Crippen molar-refractivity contribution < 1.29 is 27.7 Å². The number of nitrogens with zero attached hydrogens (tertiary/aromatic N) is 1. The molecule has 3 amide bonds. The van der Waals surface area contributed by atoms with E-state index < -0.39 is 32.4 Å². The quantitative estimate of drug-likeness (QED) is 0.363. The Morgan fingerprint density at radius 2 is 1.90 bits per heavy atom. The van der Waals surface area contributed by atoms with Crippen LogP contribution in [0.1, 0.15) is 12.5 Å². The zero-order valence-corrected chi connectivity index (χ0v) is 16.1. The standard InChI is InChI=1S/C17H16N4O7S/c1-17(15(22)18-16(23)19-17)10-4-3-5-11(8-10)20-29(26,27)14-7-6-12(21(24)25)9-13(14)28-2/h3-9,20H,1-2H3,(H2,18,19,22,23). The Morgan fingerprint density at radius 3 is 2.48 bits per heavy atom. The summed E-state index contributed by atoms with van der Waals surface area (Å²) >= 11 is 0. The highest BCUT2D eigenvalue weighted by Crippen LogP contribution is 2.31. The molecule has 2 aromatic carbocycles. The minimum atomic E-state index is -4.17. The molecule has 1 atom stereocenters. The average molecular weight is 420 g/mol. The topological polar surface area (TPSA) is 157 Å². The molecule has 0 radical (unpaired) electrons. The first-order chi connectivity index (χ1) is 13.6. The Balaban J connectivity index is 1.95. The van der Waals surface area contributed by atoms with E-state index in [1.807, 2.05) is 0 Å². The number of carbonyl (C=O) groups excluding carboxylic acids is 2. The number of hydrogen-bond donors (Lipinski definition) is 3. The Bertz CT molecular complexity index is 1130. The summed E-state index contributed by atoms with van der Waals surface area (Å²) in [6.07, 6.45) is 0. The molecular weight excluding hydrogens is 404 g/mol. The van der Waals surface area contributed by atoms with Crippen LogP contribution in [0.15, 0.2) is 47.4 Å². The fourth-order valence-corrected chi connectivity index (χ4v) is 4.04. The summed E-state index contributed by atoms with van der Waals surface area (Å²) in [5.41, 5.74) is -1.20. The number of imide groups is 1. The molecule has 3 N–H and O–H groups in total. The van der Waals surface area contributed by atoms with E-state index in [1.165, 1.54) is 32.2 Å². The molecule has 1 aliphatic rings. The summed E-state index contributed by atoms with van der Waals surface area (Å²) in [4.78, 5) is 33.5. The average Bonchev–Trinajstić information content (AvgIpc) is 2.93. The normalized spacial score (nSPS) is 18.7. The van der Waals surface area contributed by atoms with Gasteiger partial charge >= 0.3 is 6.03 Å². The SMILES string of the molecule is COc1cc([N+](=O)[O-])ccc1S(=O)(=O)Nc1cccc(C2(C)NC(=O)NC2=O)c1. The first kappa shape index (κ1) is 20.1. The van der Waals surface area contributed by atoms with Crippen LogP contribution in [0.25, 0.3) is 0 Å². The van der Waals surface area contributed by atoms with E-state index >= 15 is 0 Å². The van der Waals surface area contributed by atoms with Crippen molar-refractivity contribution in [1.29, 1.82) is 0 Å². The lowest BCUT2D eigenvalue weighted by molar-refractivity contribution is -0.385. The number of nitrogens with one attached hydrogen (secondary N) is 3. The number of sulfonamides is 1. The second kappa shape index (κ2) is 7.05. The van der Waals surface area contributed by atoms with Crippen molar-refractivity contribution in [2.45, 2.75) is 17.4 Å². The van der Waals surface area contributed by atoms with Crippen LogP contribution >= 0.6 is 0 Å². The lowest BCUT2D eigenvalue weighted by Gasteiger charge is -2.22. The van der Waals surface area contributed by atoms with Crippen molar-refractivity contribution in [1.82, 2.24) is 10.6 Å². The summed E-state index contributed by atoms with van der Waals surface area (Å²) in [5, 5.41) is 15.5. The Kier molecular flexibility index (Phi) is 4.88. The lowest BCUT2D eigenvalue weighted by atomic mass is 9.92. The molecule has 1 unspecified atom stereocenters. The van der Waals surface area contributed by atoms with E-state index in [0.717, 1.165) is 18.2 Å². The summed E-state index contributed by atoms with van der Waals surface area (Å²) in [6, 6.07) is 8.40. The number of hydrogen-bond acceptors (Lipinski definition) is 7. The summed E-state index contributed by atoms with van der Waals surface area (Å²) < 4.78 is 32.9. The maximum Gasteiger partial charge on any atom is 0.322 e. The van der Waals surface area contributed by atoms with Crippen LogP contribution in [-0.4, -0.2) is 32.4 Å². The number of non-ortho nitro benzene ring substituents is 1. The van der Waals surface area contributed by atoms with Crippen LogP contribution in [-0.2, 0) is 20.4 Å². The van der Waals surface area contributed by atoms with Gasteiger partial charge in [0.1, 0.15) is 16.2 Å². The molecule has 1 heterocycles. The van der Waals surface area contributed by atoms with Gasteiger partial charge in [-0.1, -0.05) is 12.1 Å². The summed E-state index contributed by atoms with van der Waals surface area (Å²) in [6.45, 7) is 1.49. The molecule has 0 saturated carbocycles. The first-order valence-electron chi connectivity index (χ1n) is 8.16. The molecule has 0 bridgehead atoms. The molecule has 3 rings (SSSR count). The van der Waals surface area contributed by atoms with Crippen molar-refractivity contribution in [3.05, 3.63) is 58.1 Å². The second-order valence-corrected chi connectivity index (χ2v) is 7.96. The van der Waals surface area contributed by atoms with Crippen LogP contribution < -0.4 is 20.1 Å². The fraction of sp³-hybridized carbons (Fsp3) is 0.176. The van der Waals surface area contributed by atoms with E-state index in [0.29, 0.717) is 5.56 Å². The third-order valence-corrected chi connectivity index (χ3v) is 5.81. The number of ether oxygens (including phenoxy) is 1. The van der Waals surface area contributed by atoms with Crippen LogP contribution in [0.2, 0.25) is 0 Å². The molecule has 2 aromatic rings. The van der Waals surface area contributed by atoms with Crippen molar-refractivity contribution in [3.8, 4) is 5.75 Å². The Morgan fingerprint density at radius 1 is 1.17 bits per heavy atom. The van der Waals surface area contributed by atoms with Gasteiger partial charge in [0.25, 0.3) is 21.6 Å². The fourth-order valence-electron chi connectivity index (χ4n) is 2.84. The zero-order chi connectivity index (χ0) is 21.4. The monoisotopic (exact) mass is 420 g/mol. The highest BCUT2D eigenvalue weighted by molar-refractivity contribution is 7.92. The third kappa shape index (κ3) is 3.69. The minimum absolute atomic E-state index is 0.123. The molecule has 0 aromatic heterocycles. The van der Waals surface area contributed by atoms with Gasteiger partial charge in [0.05, 0.1) is 18.1 Å². The number of methoxy groups -OCH3 is 1. The molecule has 1 saturated heterocycles. The van der Waals surface area contributed by atoms with Gasteiger partial charge in [-0.05, 0) is 30.7 Å². The highest BCUT2D eigenvalue weighted by Gasteiger charge is 2.43. The minimum Gasteiger partial charge on any atom is -0.495 e. The Hall–Kier alpha value is -3.67. The van der Waals surface area contributed by atoms with Gasteiger partial charge in [-0.3, -0.25) is 24.9 Å². The highest BCUT2D eigenvalue weighted by atomic mass is 32.2. The van der Waals surface area contributed by atoms with E-state index in [-0.39, 0.29) is 22.0 Å². The van der Waals surface area contributed by atoms with Crippen molar-refractivity contribution in [3.63, 3.8) is 0 Å². The smallest absolute Gasteiger partial charge is 0.322 e. The predicted octanol–water partition coefficient (Wildman–Crippen LogP) is 1.46. The number of carbonyl (C=O) groups is 2. The molecule has 11 nitrogen and oxygen atoms in total. The van der Waals surface area contributed by atoms with E-state index in [2.05, 4.69) is 15.4 Å². The number of anilines is 1. The van der Waals surface area contributed by atoms with Crippen LogP contribution in [0.5, 0.6) is 5.75 Å². The Labute approximate surface area is 165 Å². The van der Waals surface area contributed by atoms with Crippen molar-refractivity contribution >= 4 is 33.3 Å². The van der Waals surface area contributed by atoms with Crippen LogP contribution in [0, 0.1) is 10.1 Å². The van der Waals surface area contributed by atoms with E-state index in [1.54, 1.807) is 6.07 Å². The summed E-state index contributed by atoms with van der Waals surface area (Å²) in [7, 11) is -2.97. The number of nitro groups is 1. The second-order valence-electron chi connectivity index (χ2n) is 6.31. The number of rotatable bonds is 6. The predicted molar refractivity (Wildman–Crippen MR) is 101 cm³/mol. The van der Waals surface area contributed by atoms with Gasteiger partial charge in [0, 0.05) is 11.8 Å². The third-order valence-electron chi connectivity index (χ3n) is 4.38. The van der Waals surface area contributed by atoms with Gasteiger partial charge in [-0.2, -0.15) is 0 Å². The molecule has 1 aliphatic heterocycles. The number of nitro benzene ring substituents is 1. The number of benzene rings is 2. The van der Waals surface area contributed by atoms with Crippen molar-refractivity contribution in [2.75, 3.05) is 11.8 Å². The van der Waals surface area contributed by atoms with Gasteiger partial charge in [-0.15, -0.1) is 0 Å². The number of amides is 3. The molecular formula is C17H16N4O7S. The zero-order valence-electron chi connectivity index (χ0n) is 15.3. The molecule has 12 heteroatoms. The number of urea groups is 1. The molecule has 0 aliphatic carbocycles. The van der Waals surface area contributed by atoms with Gasteiger partial charge in [-0.25, -0.2) is 13.2 Å². The van der Waals surface area contributed by atoms with Gasteiger partial charge in [0.2, 0.25) is 0 Å². The molecule has 1 fully saturated rings. The molecule has 0 spiro atoms. The van der Waals surface area contributed by atoms with Gasteiger partial charge in [0.15, 0.2) is 0 Å². The lowest BCUT2D eigenvalue weighted by Crippen LogP contribution is -2.40. The maximum atomic E-state index is 12.8. The largest absolute Gasteiger partial charge is 0.495 e. The van der Waals surface area contributed by atoms with Crippen LogP contribution in [0.3, 0.4) is 0 Å². The maximum absolute atomic E-state index is 12.8. The first-order valence-corrected chi connectivity index (χ1v) is 9.64. The molecule has 152 valence electrons. The van der Waals surface area contributed by atoms with E-state index in [4.69, 9.17) is 4.74 Å².